The van der Waals surface area contributed by atoms with Crippen molar-refractivity contribution in [3.63, 3.8) is 0 Å². The Morgan fingerprint density at radius 2 is 2.03 bits per heavy atom. The smallest absolute Gasteiger partial charge is 0.268 e. The number of rotatable bonds is 8. The SMILES string of the molecule is CN1CCc2cc(C(=O)N[C@H](CO)[C@@H](CC=O)NC(=O)c3cc4cc(Cl)ccc4[nH]3)sc2C1. The number of amides is 2. The molecule has 1 aliphatic rings. The summed E-state index contributed by atoms with van der Waals surface area (Å²) in [6, 6.07) is 7.17. The van der Waals surface area contributed by atoms with E-state index in [0.717, 1.165) is 35.3 Å². The molecule has 174 valence electrons. The van der Waals surface area contributed by atoms with Gasteiger partial charge >= 0.3 is 0 Å². The molecule has 8 nitrogen and oxygen atoms in total. The molecule has 4 rings (SSSR count). The molecular weight excluding hydrogens is 464 g/mol. The van der Waals surface area contributed by atoms with Gasteiger partial charge in [0.2, 0.25) is 0 Å². The number of hydrogen-bond acceptors (Lipinski definition) is 6. The van der Waals surface area contributed by atoms with Crippen LogP contribution in [0.2, 0.25) is 5.02 Å². The minimum atomic E-state index is -0.827. The van der Waals surface area contributed by atoms with Crippen LogP contribution >= 0.6 is 22.9 Å². The number of H-pyrrole nitrogens is 1. The highest BCUT2D eigenvalue weighted by atomic mass is 35.5. The number of aliphatic hydroxyl groups is 1. The van der Waals surface area contributed by atoms with Gasteiger partial charge in [-0.2, -0.15) is 0 Å². The highest BCUT2D eigenvalue weighted by Crippen LogP contribution is 2.28. The van der Waals surface area contributed by atoms with Crippen LogP contribution in [0.5, 0.6) is 0 Å². The van der Waals surface area contributed by atoms with Gasteiger partial charge in [0.25, 0.3) is 11.8 Å². The number of nitrogens with zero attached hydrogens (tertiary/aromatic N) is 1. The quantitative estimate of drug-likeness (QED) is 0.363. The Kier molecular flexibility index (Phi) is 7.14. The van der Waals surface area contributed by atoms with Gasteiger partial charge in [0.1, 0.15) is 12.0 Å². The third kappa shape index (κ3) is 5.27. The molecule has 0 saturated carbocycles. The second kappa shape index (κ2) is 10.0. The molecular formula is C23H25ClN4O4S. The molecule has 0 radical (unpaired) electrons. The Labute approximate surface area is 199 Å². The van der Waals surface area contributed by atoms with Crippen LogP contribution in [0.25, 0.3) is 10.9 Å². The van der Waals surface area contributed by atoms with Crippen molar-refractivity contribution in [2.45, 2.75) is 31.5 Å². The maximum Gasteiger partial charge on any atom is 0.268 e. The Morgan fingerprint density at radius 1 is 1.24 bits per heavy atom. The lowest BCUT2D eigenvalue weighted by molar-refractivity contribution is -0.108. The van der Waals surface area contributed by atoms with Gasteiger partial charge in [-0.3, -0.25) is 9.59 Å². The molecule has 3 aromatic rings. The Balaban J connectivity index is 1.47. The number of thiophene rings is 1. The summed E-state index contributed by atoms with van der Waals surface area (Å²) in [5.74, 6) is -0.780. The lowest BCUT2D eigenvalue weighted by Gasteiger charge is -2.25. The second-order valence-corrected chi connectivity index (χ2v) is 9.78. The minimum absolute atomic E-state index is 0.0605. The third-order valence-corrected chi connectivity index (χ3v) is 7.19. The molecule has 33 heavy (non-hydrogen) atoms. The molecule has 4 N–H and O–H groups in total. The molecule has 1 aliphatic heterocycles. The number of aromatic nitrogens is 1. The highest BCUT2D eigenvalue weighted by molar-refractivity contribution is 7.14. The van der Waals surface area contributed by atoms with Crippen molar-refractivity contribution >= 4 is 51.9 Å². The van der Waals surface area contributed by atoms with Crippen LogP contribution < -0.4 is 10.6 Å². The maximum absolute atomic E-state index is 12.9. The Hall–Kier alpha value is -2.72. The Morgan fingerprint density at radius 3 is 2.79 bits per heavy atom. The van der Waals surface area contributed by atoms with Gasteiger partial charge in [-0.15, -0.1) is 11.3 Å². The zero-order chi connectivity index (χ0) is 23.5. The van der Waals surface area contributed by atoms with Crippen LogP contribution in [0, 0.1) is 0 Å². The van der Waals surface area contributed by atoms with Crippen molar-refractivity contribution in [1.82, 2.24) is 20.5 Å². The molecule has 2 aromatic heterocycles. The van der Waals surface area contributed by atoms with Crippen molar-refractivity contribution in [2.75, 3.05) is 20.2 Å². The molecule has 10 heteroatoms. The van der Waals surface area contributed by atoms with Gasteiger partial charge in [-0.05, 0) is 49.4 Å². The van der Waals surface area contributed by atoms with Crippen molar-refractivity contribution in [1.29, 1.82) is 0 Å². The lowest BCUT2D eigenvalue weighted by atomic mass is 10.1. The van der Waals surface area contributed by atoms with E-state index in [0.29, 0.717) is 21.9 Å². The van der Waals surface area contributed by atoms with Gasteiger partial charge < -0.3 is 30.4 Å². The predicted octanol–water partition coefficient (Wildman–Crippen LogP) is 2.35. The van der Waals surface area contributed by atoms with Crippen molar-refractivity contribution in [3.8, 4) is 0 Å². The van der Waals surface area contributed by atoms with Gasteiger partial charge in [-0.1, -0.05) is 11.6 Å². The number of aldehydes is 1. The standard InChI is InChI=1S/C23H25ClN4O4S/c1-28-6-4-13-10-20(33-21(13)11-28)23(32)27-19(12-30)17(5-7-29)26-22(31)18-9-14-8-15(24)2-3-16(14)25-18/h2-3,7-10,17,19,25,30H,4-6,11-12H2,1H3,(H,26,31)(H,27,32)/t17-,19-/m1/s1. The molecule has 0 unspecified atom stereocenters. The van der Waals surface area contributed by atoms with Crippen LogP contribution in [0.3, 0.4) is 0 Å². The van der Waals surface area contributed by atoms with E-state index in [-0.39, 0.29) is 12.3 Å². The summed E-state index contributed by atoms with van der Waals surface area (Å²) in [5, 5.41) is 16.8. The van der Waals surface area contributed by atoms with Crippen LogP contribution in [0.4, 0.5) is 0 Å². The van der Waals surface area contributed by atoms with Gasteiger partial charge in [0, 0.05) is 40.3 Å². The molecule has 2 atom stereocenters. The third-order valence-electron chi connectivity index (χ3n) is 5.79. The summed E-state index contributed by atoms with van der Waals surface area (Å²) in [6.45, 7) is 1.31. The number of benzene rings is 1. The van der Waals surface area contributed by atoms with Crippen LogP contribution in [-0.4, -0.2) is 65.4 Å². The number of aliphatic hydroxyl groups excluding tert-OH is 1. The first-order chi connectivity index (χ1) is 15.9. The van der Waals surface area contributed by atoms with E-state index in [2.05, 4.69) is 20.5 Å². The van der Waals surface area contributed by atoms with E-state index in [1.807, 2.05) is 13.1 Å². The van der Waals surface area contributed by atoms with Crippen molar-refractivity contribution < 1.29 is 19.5 Å². The first-order valence-corrected chi connectivity index (χ1v) is 11.8. The summed E-state index contributed by atoms with van der Waals surface area (Å²) < 4.78 is 0. The summed E-state index contributed by atoms with van der Waals surface area (Å²) in [5.41, 5.74) is 2.21. The number of halogens is 1. The topological polar surface area (TPSA) is 115 Å². The van der Waals surface area contributed by atoms with Crippen LogP contribution in [0.15, 0.2) is 30.3 Å². The van der Waals surface area contributed by atoms with E-state index >= 15 is 0 Å². The number of hydrogen-bond donors (Lipinski definition) is 4. The molecule has 0 bridgehead atoms. The molecule has 2 amide bonds. The number of likely N-dealkylation sites (N-methyl/N-ethyl adjacent to an activating group) is 1. The largest absolute Gasteiger partial charge is 0.394 e. The summed E-state index contributed by atoms with van der Waals surface area (Å²) in [4.78, 5) is 43.9. The molecule has 0 aliphatic carbocycles. The van der Waals surface area contributed by atoms with Crippen LogP contribution in [-0.2, 0) is 17.8 Å². The Bertz CT molecular complexity index is 1190. The van der Waals surface area contributed by atoms with Crippen molar-refractivity contribution in [3.05, 3.63) is 56.4 Å². The first kappa shape index (κ1) is 23.4. The summed E-state index contributed by atoms with van der Waals surface area (Å²) in [7, 11) is 2.04. The number of aromatic amines is 1. The number of carbonyl (C=O) groups is 3. The van der Waals surface area contributed by atoms with E-state index in [1.165, 1.54) is 16.9 Å². The second-order valence-electron chi connectivity index (χ2n) is 8.21. The molecule has 0 saturated heterocycles. The highest BCUT2D eigenvalue weighted by Gasteiger charge is 2.27. The molecule has 0 spiro atoms. The van der Waals surface area contributed by atoms with Gasteiger partial charge in [-0.25, -0.2) is 0 Å². The fourth-order valence-corrected chi connectivity index (χ4v) is 5.35. The molecule has 1 aromatic carbocycles. The molecule has 0 fully saturated rings. The van der Waals surface area contributed by atoms with E-state index in [1.54, 1.807) is 24.3 Å². The van der Waals surface area contributed by atoms with E-state index in [4.69, 9.17) is 11.6 Å². The summed E-state index contributed by atoms with van der Waals surface area (Å²) >= 11 is 7.44. The summed E-state index contributed by atoms with van der Waals surface area (Å²) in [6.07, 6.45) is 1.48. The zero-order valence-electron chi connectivity index (χ0n) is 18.1. The van der Waals surface area contributed by atoms with Crippen molar-refractivity contribution in [2.24, 2.45) is 0 Å². The minimum Gasteiger partial charge on any atom is -0.394 e. The maximum atomic E-state index is 12.9. The fourth-order valence-electron chi connectivity index (χ4n) is 3.97. The predicted molar refractivity (Wildman–Crippen MR) is 128 cm³/mol. The lowest BCUT2D eigenvalue weighted by Crippen LogP contribution is -2.53. The van der Waals surface area contributed by atoms with Crippen LogP contribution in [0.1, 0.15) is 37.0 Å². The van der Waals surface area contributed by atoms with Gasteiger partial charge in [0.15, 0.2) is 0 Å². The monoisotopic (exact) mass is 488 g/mol. The average Bonchev–Trinajstić information content (AvgIpc) is 3.40. The first-order valence-electron chi connectivity index (χ1n) is 10.6. The van der Waals surface area contributed by atoms with E-state index < -0.39 is 24.6 Å². The van der Waals surface area contributed by atoms with Gasteiger partial charge in [0.05, 0.1) is 23.6 Å². The number of nitrogens with one attached hydrogen (secondary N) is 3. The normalized spacial score (nSPS) is 15.6. The fraction of sp³-hybridized carbons (Fsp3) is 0.348. The number of fused-ring (bicyclic) bond motifs is 2. The average molecular weight is 489 g/mol. The number of carbonyl (C=O) groups excluding carboxylic acids is 3. The zero-order valence-corrected chi connectivity index (χ0v) is 19.6. The molecule has 3 heterocycles. The van der Waals surface area contributed by atoms with E-state index in [9.17, 15) is 19.5 Å².